The smallest absolute Gasteiger partial charge is 0.339 e. The van der Waals surface area contributed by atoms with Gasteiger partial charge in [-0.2, -0.15) is 0 Å². The number of phenols is 1. The summed E-state index contributed by atoms with van der Waals surface area (Å²) in [6, 6.07) is 3.74. The van der Waals surface area contributed by atoms with Crippen LogP contribution in [0.3, 0.4) is 0 Å². The molecule has 1 fully saturated rings. The number of anilines is 1. The average molecular weight is 296 g/mol. The Kier molecular flexibility index (Phi) is 4.14. The van der Waals surface area contributed by atoms with Crippen molar-refractivity contribution >= 4 is 35.2 Å². The van der Waals surface area contributed by atoms with Crippen LogP contribution < -0.4 is 5.32 Å². The number of aromatic carboxylic acids is 1. The van der Waals surface area contributed by atoms with Gasteiger partial charge < -0.3 is 20.4 Å². The Bertz CT molecular complexity index is 575. The minimum Gasteiger partial charge on any atom is -0.507 e. The van der Waals surface area contributed by atoms with E-state index in [2.05, 4.69) is 5.32 Å². The van der Waals surface area contributed by atoms with Crippen LogP contribution in [-0.2, 0) is 9.59 Å². The van der Waals surface area contributed by atoms with Crippen molar-refractivity contribution in [3.63, 3.8) is 0 Å². The Morgan fingerprint density at radius 3 is 2.75 bits per heavy atom. The number of nitrogens with one attached hydrogen (secondary N) is 1. The van der Waals surface area contributed by atoms with E-state index in [1.807, 2.05) is 0 Å². The van der Waals surface area contributed by atoms with E-state index in [0.717, 1.165) is 6.07 Å². The molecule has 7 nitrogen and oxygen atoms in total. The van der Waals surface area contributed by atoms with Crippen molar-refractivity contribution in [2.45, 2.75) is 0 Å². The first kappa shape index (κ1) is 14.2. The summed E-state index contributed by atoms with van der Waals surface area (Å²) in [5.74, 6) is -1.32. The van der Waals surface area contributed by atoms with Crippen molar-refractivity contribution in [2.24, 2.45) is 0 Å². The van der Waals surface area contributed by atoms with Gasteiger partial charge in [0.25, 0.3) is 0 Å². The van der Waals surface area contributed by atoms with E-state index in [4.69, 9.17) is 5.11 Å². The predicted molar refractivity (Wildman–Crippen MR) is 72.7 cm³/mol. The largest absolute Gasteiger partial charge is 0.507 e. The molecule has 0 atom stereocenters. The number of thioether (sulfide) groups is 1. The van der Waals surface area contributed by atoms with Crippen molar-refractivity contribution in [1.29, 1.82) is 0 Å². The third kappa shape index (κ3) is 3.21. The zero-order chi connectivity index (χ0) is 14.7. The van der Waals surface area contributed by atoms with Gasteiger partial charge in [0.05, 0.1) is 11.6 Å². The zero-order valence-electron chi connectivity index (χ0n) is 10.3. The van der Waals surface area contributed by atoms with Crippen LogP contribution >= 0.6 is 11.8 Å². The number of aromatic hydroxyl groups is 1. The first-order chi connectivity index (χ1) is 9.47. The molecule has 1 aromatic carbocycles. The number of carbonyl (C=O) groups is 3. The molecule has 3 N–H and O–H groups in total. The molecular weight excluding hydrogens is 284 g/mol. The van der Waals surface area contributed by atoms with Gasteiger partial charge in [0, 0.05) is 5.69 Å². The minimum absolute atomic E-state index is 0.0743. The SMILES string of the molecule is O=C(CN1CSCC1=O)Nc1ccc(O)c(C(=O)O)c1. The molecule has 0 bridgehead atoms. The van der Waals surface area contributed by atoms with Crippen molar-refractivity contribution < 1.29 is 24.6 Å². The molecular formula is C12H12N2O5S. The fourth-order valence-electron chi connectivity index (χ4n) is 1.70. The van der Waals surface area contributed by atoms with Gasteiger partial charge >= 0.3 is 5.97 Å². The Morgan fingerprint density at radius 1 is 1.40 bits per heavy atom. The maximum absolute atomic E-state index is 11.8. The molecule has 106 valence electrons. The summed E-state index contributed by atoms with van der Waals surface area (Å²) < 4.78 is 0. The van der Waals surface area contributed by atoms with E-state index in [0.29, 0.717) is 11.6 Å². The normalized spacial score (nSPS) is 14.4. The highest BCUT2D eigenvalue weighted by Gasteiger charge is 2.23. The molecule has 1 aliphatic heterocycles. The summed E-state index contributed by atoms with van der Waals surface area (Å²) in [7, 11) is 0. The minimum atomic E-state index is -1.29. The van der Waals surface area contributed by atoms with Crippen LogP contribution in [0.4, 0.5) is 5.69 Å². The van der Waals surface area contributed by atoms with E-state index < -0.39 is 11.9 Å². The molecule has 20 heavy (non-hydrogen) atoms. The van der Waals surface area contributed by atoms with Gasteiger partial charge in [-0.05, 0) is 18.2 Å². The van der Waals surface area contributed by atoms with E-state index >= 15 is 0 Å². The third-order valence-corrected chi connectivity index (χ3v) is 3.62. The molecule has 0 aliphatic carbocycles. The highest BCUT2D eigenvalue weighted by Crippen LogP contribution is 2.21. The Balaban J connectivity index is 2.02. The van der Waals surface area contributed by atoms with Crippen molar-refractivity contribution in [3.05, 3.63) is 23.8 Å². The van der Waals surface area contributed by atoms with Gasteiger partial charge in [0.2, 0.25) is 11.8 Å². The maximum atomic E-state index is 11.8. The van der Waals surface area contributed by atoms with Gasteiger partial charge in [-0.3, -0.25) is 9.59 Å². The second kappa shape index (κ2) is 5.83. The number of amides is 2. The number of hydrogen-bond acceptors (Lipinski definition) is 5. The summed E-state index contributed by atoms with van der Waals surface area (Å²) in [5, 5.41) is 20.7. The number of nitrogens with zero attached hydrogens (tertiary/aromatic N) is 1. The van der Waals surface area contributed by atoms with Gasteiger partial charge in [-0.25, -0.2) is 4.79 Å². The summed E-state index contributed by atoms with van der Waals surface area (Å²) in [6.07, 6.45) is 0. The van der Waals surface area contributed by atoms with Crippen LogP contribution in [-0.4, -0.2) is 51.1 Å². The molecule has 1 saturated heterocycles. The second-order valence-corrected chi connectivity index (χ2v) is 5.11. The molecule has 1 aromatic rings. The quantitative estimate of drug-likeness (QED) is 0.701. The van der Waals surface area contributed by atoms with Crippen molar-refractivity contribution in [1.82, 2.24) is 4.90 Å². The molecule has 2 amide bonds. The topological polar surface area (TPSA) is 107 Å². The molecule has 0 aromatic heterocycles. The van der Waals surface area contributed by atoms with Gasteiger partial charge in [-0.15, -0.1) is 11.8 Å². The molecule has 0 saturated carbocycles. The second-order valence-electron chi connectivity index (χ2n) is 4.15. The lowest BCUT2D eigenvalue weighted by atomic mass is 10.2. The predicted octanol–water partition coefficient (Wildman–Crippen LogP) is 0.562. The number of rotatable bonds is 4. The van der Waals surface area contributed by atoms with Gasteiger partial charge in [-0.1, -0.05) is 0 Å². The van der Waals surface area contributed by atoms with Crippen LogP contribution in [0.25, 0.3) is 0 Å². The van der Waals surface area contributed by atoms with E-state index in [1.54, 1.807) is 0 Å². The van der Waals surface area contributed by atoms with Crippen molar-refractivity contribution in [2.75, 3.05) is 23.5 Å². The summed E-state index contributed by atoms with van der Waals surface area (Å²) in [4.78, 5) is 35.4. The molecule has 1 aliphatic rings. The lowest BCUT2D eigenvalue weighted by Gasteiger charge is -2.14. The molecule has 1 heterocycles. The fourth-order valence-corrected chi connectivity index (χ4v) is 2.60. The number of benzene rings is 1. The first-order valence-corrected chi connectivity index (χ1v) is 6.84. The highest BCUT2D eigenvalue weighted by atomic mass is 32.2. The summed E-state index contributed by atoms with van der Waals surface area (Å²) >= 11 is 1.43. The first-order valence-electron chi connectivity index (χ1n) is 5.69. The Labute approximate surface area is 118 Å². The molecule has 2 rings (SSSR count). The number of carboxylic acids is 1. The average Bonchev–Trinajstić information content (AvgIpc) is 2.77. The van der Waals surface area contributed by atoms with Crippen LogP contribution in [0.5, 0.6) is 5.75 Å². The standard InChI is InChI=1S/C12H12N2O5S/c15-9-2-1-7(3-8(9)12(18)19)13-10(16)4-14-6-20-5-11(14)17/h1-3,15H,4-6H2,(H,13,16)(H,18,19). The lowest BCUT2D eigenvalue weighted by molar-refractivity contribution is -0.130. The molecule has 0 spiro atoms. The van der Waals surface area contributed by atoms with E-state index in [1.165, 1.54) is 28.8 Å². The maximum Gasteiger partial charge on any atom is 0.339 e. The molecule has 0 unspecified atom stereocenters. The third-order valence-electron chi connectivity index (χ3n) is 2.67. The van der Waals surface area contributed by atoms with E-state index in [9.17, 15) is 19.5 Å². The monoisotopic (exact) mass is 296 g/mol. The van der Waals surface area contributed by atoms with Crippen molar-refractivity contribution in [3.8, 4) is 5.75 Å². The summed E-state index contributed by atoms with van der Waals surface area (Å²) in [5.41, 5.74) is -0.0416. The Morgan fingerprint density at radius 2 is 2.15 bits per heavy atom. The fraction of sp³-hybridized carbons (Fsp3) is 0.250. The molecule has 8 heteroatoms. The van der Waals surface area contributed by atoms with Gasteiger partial charge in [0.1, 0.15) is 17.9 Å². The Hall–Kier alpha value is -2.22. The van der Waals surface area contributed by atoms with Gasteiger partial charge in [0.15, 0.2) is 0 Å². The van der Waals surface area contributed by atoms with Crippen LogP contribution in [0.15, 0.2) is 18.2 Å². The van der Waals surface area contributed by atoms with Crippen LogP contribution in [0.2, 0.25) is 0 Å². The highest BCUT2D eigenvalue weighted by molar-refractivity contribution is 8.00. The van der Waals surface area contributed by atoms with E-state index in [-0.39, 0.29) is 29.5 Å². The summed E-state index contributed by atoms with van der Waals surface area (Å²) in [6.45, 7) is -0.0743. The molecule has 0 radical (unpaired) electrons. The van der Waals surface area contributed by atoms with Crippen LogP contribution in [0.1, 0.15) is 10.4 Å². The van der Waals surface area contributed by atoms with Crippen LogP contribution in [0, 0.1) is 0 Å². The number of carbonyl (C=O) groups excluding carboxylic acids is 2. The zero-order valence-corrected chi connectivity index (χ0v) is 11.1. The number of hydrogen-bond donors (Lipinski definition) is 3. The number of carboxylic acid groups (broad SMARTS) is 1. The lowest BCUT2D eigenvalue weighted by Crippen LogP contribution is -2.34.